The second-order valence-corrected chi connectivity index (χ2v) is 10.3. The third-order valence-corrected chi connectivity index (χ3v) is 8.16. The molecule has 3 aliphatic carbocycles. The second kappa shape index (κ2) is 7.84. The van der Waals surface area contributed by atoms with Crippen LogP contribution in [0.15, 0.2) is 23.0 Å². The number of anilines is 1. The van der Waals surface area contributed by atoms with Crippen molar-refractivity contribution in [1.29, 1.82) is 0 Å². The maximum Gasteiger partial charge on any atom is 0.257 e. The zero-order chi connectivity index (χ0) is 25.4. The SMILES string of the molecule is CC1=C(O)[C@@]2(O)C(=O)C3=C(O)c4c(O)c(C(=O)N5CCCC5)cc(N(C)C)c4CC3C[C@H]2CC1=O. The number of hydrogen-bond donors (Lipinski definition) is 4. The van der Waals surface area contributed by atoms with Gasteiger partial charge in [-0.1, -0.05) is 0 Å². The Kier molecular flexibility index (Phi) is 5.25. The number of hydrogen-bond acceptors (Lipinski definition) is 8. The summed E-state index contributed by atoms with van der Waals surface area (Å²) >= 11 is 0. The van der Waals surface area contributed by atoms with E-state index in [0.717, 1.165) is 12.8 Å². The molecule has 0 spiro atoms. The lowest BCUT2D eigenvalue weighted by Crippen LogP contribution is -2.57. The number of aromatic hydroxyl groups is 1. The fraction of sp³-hybridized carbons (Fsp3) is 0.500. The van der Waals surface area contributed by atoms with E-state index >= 15 is 0 Å². The van der Waals surface area contributed by atoms with Crippen LogP contribution in [0.25, 0.3) is 5.76 Å². The molecule has 1 saturated carbocycles. The molecule has 1 heterocycles. The Hall–Kier alpha value is -3.33. The van der Waals surface area contributed by atoms with Crippen LogP contribution in [0.4, 0.5) is 5.69 Å². The predicted octanol–water partition coefficient (Wildman–Crippen LogP) is 2.26. The molecule has 0 bridgehead atoms. The Balaban J connectivity index is 1.70. The highest BCUT2D eigenvalue weighted by Gasteiger charge is 2.59. The largest absolute Gasteiger partial charge is 0.508 e. The topological polar surface area (TPSA) is 139 Å². The summed E-state index contributed by atoms with van der Waals surface area (Å²) in [6, 6.07) is 1.62. The van der Waals surface area contributed by atoms with Gasteiger partial charge in [0.15, 0.2) is 11.4 Å². The molecular weight excluding hydrogens is 452 g/mol. The first kappa shape index (κ1) is 23.4. The fourth-order valence-electron chi connectivity index (χ4n) is 6.21. The number of likely N-dealkylation sites (tertiary alicyclic amines) is 1. The van der Waals surface area contributed by atoms with Gasteiger partial charge in [0.25, 0.3) is 5.91 Å². The zero-order valence-corrected chi connectivity index (χ0v) is 20.1. The van der Waals surface area contributed by atoms with Crippen LogP contribution in [0.1, 0.15) is 54.1 Å². The van der Waals surface area contributed by atoms with Crippen molar-refractivity contribution in [3.8, 4) is 5.75 Å². The molecule has 9 nitrogen and oxygen atoms in total. The van der Waals surface area contributed by atoms with E-state index in [4.69, 9.17) is 0 Å². The van der Waals surface area contributed by atoms with Crippen molar-refractivity contribution >= 4 is 28.9 Å². The quantitative estimate of drug-likeness (QED) is 0.504. The van der Waals surface area contributed by atoms with E-state index in [1.165, 1.54) is 6.92 Å². The first-order chi connectivity index (χ1) is 16.5. The first-order valence-electron chi connectivity index (χ1n) is 12.0. The number of ketones is 2. The van der Waals surface area contributed by atoms with Crippen LogP contribution in [0.3, 0.4) is 0 Å². The summed E-state index contributed by atoms with van der Waals surface area (Å²) in [5.74, 6) is -4.44. The van der Waals surface area contributed by atoms with Gasteiger partial charge < -0.3 is 30.2 Å². The number of carbonyl (C=O) groups is 3. The van der Waals surface area contributed by atoms with E-state index in [2.05, 4.69) is 0 Å². The molecule has 1 saturated heterocycles. The number of amides is 1. The molecule has 3 atom stereocenters. The Morgan fingerprint density at radius 3 is 2.40 bits per heavy atom. The van der Waals surface area contributed by atoms with Gasteiger partial charge in [-0.15, -0.1) is 0 Å². The molecule has 2 fully saturated rings. The average Bonchev–Trinajstić information content (AvgIpc) is 3.34. The Morgan fingerprint density at radius 1 is 1.11 bits per heavy atom. The van der Waals surface area contributed by atoms with Gasteiger partial charge in [0, 0.05) is 56.4 Å². The number of aliphatic hydroxyl groups excluding tert-OH is 2. The van der Waals surface area contributed by atoms with Gasteiger partial charge in [0.05, 0.1) is 11.1 Å². The Bertz CT molecular complexity index is 1240. The van der Waals surface area contributed by atoms with Crippen molar-refractivity contribution in [3.05, 3.63) is 39.7 Å². The van der Waals surface area contributed by atoms with Crippen LogP contribution >= 0.6 is 0 Å². The number of rotatable bonds is 2. The van der Waals surface area contributed by atoms with Gasteiger partial charge in [0.1, 0.15) is 17.3 Å². The molecule has 1 aliphatic heterocycles. The van der Waals surface area contributed by atoms with E-state index in [9.17, 15) is 34.8 Å². The molecule has 9 heteroatoms. The summed E-state index contributed by atoms with van der Waals surface area (Å²) in [5, 5.41) is 44.5. The molecule has 0 radical (unpaired) electrons. The lowest BCUT2D eigenvalue weighted by molar-refractivity contribution is -0.147. The van der Waals surface area contributed by atoms with Gasteiger partial charge >= 0.3 is 0 Å². The number of phenols is 1. The smallest absolute Gasteiger partial charge is 0.257 e. The number of benzene rings is 1. The summed E-state index contributed by atoms with van der Waals surface area (Å²) in [6.07, 6.45) is 2.14. The normalized spacial score (nSPS) is 28.2. The molecule has 1 aromatic rings. The van der Waals surface area contributed by atoms with E-state index in [-0.39, 0.29) is 53.2 Å². The van der Waals surface area contributed by atoms with Crippen molar-refractivity contribution in [3.63, 3.8) is 0 Å². The lowest BCUT2D eigenvalue weighted by Gasteiger charge is -2.46. The number of carbonyl (C=O) groups excluding carboxylic acids is 3. The van der Waals surface area contributed by atoms with Gasteiger partial charge in [-0.3, -0.25) is 14.4 Å². The van der Waals surface area contributed by atoms with Gasteiger partial charge in [-0.2, -0.15) is 0 Å². The average molecular weight is 483 g/mol. The minimum atomic E-state index is -2.31. The number of phenolic OH excluding ortho intramolecular Hbond substituents is 1. The lowest BCUT2D eigenvalue weighted by atomic mass is 9.59. The van der Waals surface area contributed by atoms with Gasteiger partial charge in [0.2, 0.25) is 5.78 Å². The van der Waals surface area contributed by atoms with Crippen LogP contribution in [0.2, 0.25) is 0 Å². The standard InChI is InChI=1S/C26H30N2O7/c1-12-18(29)10-14-8-13-9-15-17(27(2)3)11-16(25(34)28-6-4-5-7-28)21(30)20(15)22(31)19(13)24(33)26(14,35)23(12)32/h11,13-14,30-32,35H,4-10H2,1-3H3/t13?,14-,26+/m0/s1. The summed E-state index contributed by atoms with van der Waals surface area (Å²) in [6.45, 7) is 2.53. The Morgan fingerprint density at radius 2 is 1.77 bits per heavy atom. The van der Waals surface area contributed by atoms with E-state index in [1.807, 2.05) is 0 Å². The van der Waals surface area contributed by atoms with Crippen LogP contribution < -0.4 is 4.90 Å². The number of fused-ring (bicyclic) bond motifs is 3. The van der Waals surface area contributed by atoms with Crippen LogP contribution in [0, 0.1) is 11.8 Å². The first-order valence-corrected chi connectivity index (χ1v) is 12.0. The maximum absolute atomic E-state index is 13.6. The minimum Gasteiger partial charge on any atom is -0.508 e. The van der Waals surface area contributed by atoms with E-state index in [0.29, 0.717) is 24.3 Å². The molecule has 4 N–H and O–H groups in total. The summed E-state index contributed by atoms with van der Waals surface area (Å²) < 4.78 is 0. The highest BCUT2D eigenvalue weighted by Crippen LogP contribution is 2.53. The minimum absolute atomic E-state index is 0.00692. The predicted molar refractivity (Wildman–Crippen MR) is 127 cm³/mol. The molecule has 4 aliphatic rings. The monoisotopic (exact) mass is 482 g/mol. The van der Waals surface area contributed by atoms with Crippen LogP contribution in [0.5, 0.6) is 5.75 Å². The Labute approximate surface area is 203 Å². The van der Waals surface area contributed by atoms with Crippen molar-refractivity contribution in [1.82, 2.24) is 4.90 Å². The molecule has 186 valence electrons. The van der Waals surface area contributed by atoms with Crippen molar-refractivity contribution in [2.45, 2.75) is 44.6 Å². The van der Waals surface area contributed by atoms with Crippen LogP contribution in [-0.4, -0.2) is 75.6 Å². The maximum atomic E-state index is 13.6. The summed E-state index contributed by atoms with van der Waals surface area (Å²) in [4.78, 5) is 42.6. The van der Waals surface area contributed by atoms with E-state index < -0.39 is 40.5 Å². The molecule has 35 heavy (non-hydrogen) atoms. The zero-order valence-electron chi connectivity index (χ0n) is 20.1. The highest BCUT2D eigenvalue weighted by atomic mass is 16.3. The molecule has 1 unspecified atom stereocenters. The van der Waals surface area contributed by atoms with Crippen molar-refractivity contribution in [2.24, 2.45) is 11.8 Å². The fourth-order valence-corrected chi connectivity index (χ4v) is 6.21. The second-order valence-electron chi connectivity index (χ2n) is 10.3. The molecular formula is C26H30N2O7. The van der Waals surface area contributed by atoms with Gasteiger partial charge in [-0.05, 0) is 50.2 Å². The molecule has 5 rings (SSSR count). The highest BCUT2D eigenvalue weighted by molar-refractivity contribution is 6.13. The number of allylic oxidation sites excluding steroid dienone is 1. The van der Waals surface area contributed by atoms with Crippen molar-refractivity contribution < 1.29 is 34.8 Å². The number of Topliss-reactive ketones (excluding diaryl/α,β-unsaturated/α-hetero) is 2. The van der Waals surface area contributed by atoms with Crippen molar-refractivity contribution in [2.75, 3.05) is 32.1 Å². The summed E-state index contributed by atoms with van der Waals surface area (Å²) in [7, 11) is 3.59. The molecule has 1 aromatic carbocycles. The molecule has 0 aromatic heterocycles. The third-order valence-electron chi connectivity index (χ3n) is 8.16. The van der Waals surface area contributed by atoms with Crippen LogP contribution in [-0.2, 0) is 16.0 Å². The number of nitrogens with zero attached hydrogens (tertiary/aromatic N) is 2. The third kappa shape index (κ3) is 3.14. The van der Waals surface area contributed by atoms with E-state index in [1.54, 1.807) is 30.0 Å². The summed E-state index contributed by atoms with van der Waals surface area (Å²) in [5.41, 5.74) is -1.18. The molecule has 1 amide bonds. The number of aliphatic hydroxyl groups is 3. The van der Waals surface area contributed by atoms with Gasteiger partial charge in [-0.25, -0.2) is 0 Å².